The lowest BCUT2D eigenvalue weighted by Gasteiger charge is -2.21. The van der Waals surface area contributed by atoms with E-state index in [0.29, 0.717) is 0 Å². The topological polar surface area (TPSA) is 0 Å². The quantitative estimate of drug-likeness (QED) is 0.485. The van der Waals surface area contributed by atoms with E-state index in [9.17, 15) is 0 Å². The third-order valence-electron chi connectivity index (χ3n) is 4.26. The van der Waals surface area contributed by atoms with Crippen molar-refractivity contribution < 1.29 is 0 Å². The Morgan fingerprint density at radius 2 is 0.889 bits per heavy atom. The number of hydrogen-bond acceptors (Lipinski definition) is 0. The Hall–Kier alpha value is -1.82. The molecule has 0 saturated heterocycles. The summed E-state index contributed by atoms with van der Waals surface area (Å²) >= 11 is 0. The largest absolute Gasteiger partial charge is 0.0616 e. The summed E-state index contributed by atoms with van der Waals surface area (Å²) in [5.74, 6) is 0. The Kier molecular flexibility index (Phi) is 2.16. The molecule has 0 N–H and O–H groups in total. The minimum Gasteiger partial charge on any atom is -0.0616 e. The third kappa shape index (κ3) is 1.32. The summed E-state index contributed by atoms with van der Waals surface area (Å²) in [6, 6.07) is 17.8. The number of hydrogen-bond donors (Lipinski definition) is 0. The highest BCUT2D eigenvalue weighted by Crippen LogP contribution is 2.36. The van der Waals surface area contributed by atoms with Crippen LogP contribution in [-0.4, -0.2) is 0 Å². The Morgan fingerprint density at radius 1 is 0.500 bits per heavy atom. The zero-order valence-corrected chi connectivity index (χ0v) is 10.4. The van der Waals surface area contributed by atoms with Crippen LogP contribution in [0.5, 0.6) is 0 Å². The highest BCUT2D eigenvalue weighted by Gasteiger charge is 2.16. The Morgan fingerprint density at radius 3 is 1.33 bits per heavy atom. The second kappa shape index (κ2) is 3.84. The molecule has 0 bridgehead atoms. The highest BCUT2D eigenvalue weighted by atomic mass is 14.2. The lowest BCUT2D eigenvalue weighted by molar-refractivity contribution is 0.694. The average molecular weight is 232 g/mol. The first kappa shape index (κ1) is 10.1. The fourth-order valence-electron chi connectivity index (χ4n) is 3.46. The van der Waals surface area contributed by atoms with Crippen molar-refractivity contribution in [3.05, 3.63) is 59.7 Å². The van der Waals surface area contributed by atoms with Gasteiger partial charge in [0.05, 0.1) is 0 Å². The van der Waals surface area contributed by atoms with E-state index in [-0.39, 0.29) is 0 Å². The van der Waals surface area contributed by atoms with Crippen molar-refractivity contribution in [3.63, 3.8) is 0 Å². The maximum absolute atomic E-state index is 2.30. The number of aryl methyl sites for hydroxylation is 2. The van der Waals surface area contributed by atoms with Crippen LogP contribution in [-0.2, 0) is 12.8 Å². The Balaban J connectivity index is 2.28. The molecule has 3 aromatic rings. The van der Waals surface area contributed by atoms with Crippen LogP contribution in [0.1, 0.15) is 24.0 Å². The summed E-state index contributed by atoms with van der Waals surface area (Å²) in [5.41, 5.74) is 3.21. The molecular weight excluding hydrogens is 216 g/mol. The predicted octanol–water partition coefficient (Wildman–Crippen LogP) is 4.87. The van der Waals surface area contributed by atoms with E-state index in [1.165, 1.54) is 47.2 Å². The molecule has 0 saturated carbocycles. The predicted molar refractivity (Wildman–Crippen MR) is 78.1 cm³/mol. The molecule has 0 nitrogen and oxygen atoms in total. The average Bonchev–Trinajstić information content (AvgIpc) is 2.48. The lowest BCUT2D eigenvalue weighted by Crippen LogP contribution is -2.04. The fourth-order valence-corrected chi connectivity index (χ4v) is 3.46. The zero-order chi connectivity index (χ0) is 11.9. The summed E-state index contributed by atoms with van der Waals surface area (Å²) in [7, 11) is 0. The van der Waals surface area contributed by atoms with Gasteiger partial charge in [0.15, 0.2) is 0 Å². The first-order valence-electron chi connectivity index (χ1n) is 6.86. The third-order valence-corrected chi connectivity index (χ3v) is 4.26. The molecule has 0 fully saturated rings. The van der Waals surface area contributed by atoms with Gasteiger partial charge in [-0.2, -0.15) is 0 Å². The van der Waals surface area contributed by atoms with Gasteiger partial charge in [0.1, 0.15) is 0 Å². The number of benzene rings is 3. The zero-order valence-electron chi connectivity index (χ0n) is 10.4. The highest BCUT2D eigenvalue weighted by molar-refractivity contribution is 6.10. The molecule has 18 heavy (non-hydrogen) atoms. The van der Waals surface area contributed by atoms with Crippen LogP contribution in [0.25, 0.3) is 21.5 Å². The van der Waals surface area contributed by atoms with Crippen LogP contribution < -0.4 is 0 Å². The molecule has 1 aliphatic carbocycles. The summed E-state index contributed by atoms with van der Waals surface area (Å²) in [4.78, 5) is 0. The standard InChI is InChI=1S/C18H16/c1-2-8-14-13(7-1)15-9-3-4-11-17(15)18-12-6-5-10-16(14)18/h1-4,7-9,11H,5-6,10,12H2. The summed E-state index contributed by atoms with van der Waals surface area (Å²) in [6.07, 6.45) is 5.19. The van der Waals surface area contributed by atoms with E-state index in [0.717, 1.165) is 0 Å². The Bertz CT molecular complexity index is 673. The monoisotopic (exact) mass is 232 g/mol. The normalized spacial score (nSPS) is 14.9. The molecule has 0 unspecified atom stereocenters. The van der Waals surface area contributed by atoms with Crippen molar-refractivity contribution in [2.24, 2.45) is 0 Å². The smallest absolute Gasteiger partial charge is 0.0102 e. The van der Waals surface area contributed by atoms with Gasteiger partial charge >= 0.3 is 0 Å². The SMILES string of the molecule is c1ccc2c(c1)c1c(c3ccccc32)CCCC1. The molecule has 1 aliphatic rings. The molecule has 0 aromatic heterocycles. The molecular formula is C18H16. The maximum atomic E-state index is 2.30. The van der Waals surface area contributed by atoms with Crippen molar-refractivity contribution >= 4 is 21.5 Å². The molecule has 0 atom stereocenters. The van der Waals surface area contributed by atoms with Crippen molar-refractivity contribution in [2.45, 2.75) is 25.7 Å². The second-order valence-corrected chi connectivity index (χ2v) is 5.26. The summed E-state index contributed by atoms with van der Waals surface area (Å²) in [5, 5.41) is 5.80. The van der Waals surface area contributed by atoms with Gasteiger partial charge in [-0.3, -0.25) is 0 Å². The first-order valence-corrected chi connectivity index (χ1v) is 6.86. The van der Waals surface area contributed by atoms with Crippen LogP contribution in [0.15, 0.2) is 48.5 Å². The molecule has 0 heteroatoms. The molecule has 88 valence electrons. The van der Waals surface area contributed by atoms with Crippen LogP contribution in [0, 0.1) is 0 Å². The molecule has 3 aromatic carbocycles. The van der Waals surface area contributed by atoms with Crippen molar-refractivity contribution in [2.75, 3.05) is 0 Å². The molecule has 4 rings (SSSR count). The lowest BCUT2D eigenvalue weighted by atomic mass is 9.83. The molecule has 0 aliphatic heterocycles. The molecule has 0 amide bonds. The van der Waals surface area contributed by atoms with E-state index in [2.05, 4.69) is 48.5 Å². The minimum atomic E-state index is 1.25. The summed E-state index contributed by atoms with van der Waals surface area (Å²) in [6.45, 7) is 0. The van der Waals surface area contributed by atoms with Crippen molar-refractivity contribution in [3.8, 4) is 0 Å². The van der Waals surface area contributed by atoms with Gasteiger partial charge in [-0.15, -0.1) is 0 Å². The van der Waals surface area contributed by atoms with Gasteiger partial charge in [-0.25, -0.2) is 0 Å². The molecule has 0 radical (unpaired) electrons. The number of fused-ring (bicyclic) bond motifs is 6. The first-order chi connectivity index (χ1) is 8.95. The fraction of sp³-hybridized carbons (Fsp3) is 0.222. The van der Waals surface area contributed by atoms with Crippen LogP contribution >= 0.6 is 0 Å². The van der Waals surface area contributed by atoms with Gasteiger partial charge in [0.25, 0.3) is 0 Å². The molecule has 0 heterocycles. The maximum Gasteiger partial charge on any atom is -0.0102 e. The van der Waals surface area contributed by atoms with E-state index in [4.69, 9.17) is 0 Å². The van der Waals surface area contributed by atoms with E-state index >= 15 is 0 Å². The van der Waals surface area contributed by atoms with Gasteiger partial charge in [-0.05, 0) is 58.4 Å². The van der Waals surface area contributed by atoms with E-state index < -0.39 is 0 Å². The Labute approximate surface area is 107 Å². The summed E-state index contributed by atoms with van der Waals surface area (Å²) < 4.78 is 0. The van der Waals surface area contributed by atoms with Crippen molar-refractivity contribution in [1.29, 1.82) is 0 Å². The van der Waals surface area contributed by atoms with Gasteiger partial charge in [-0.1, -0.05) is 48.5 Å². The van der Waals surface area contributed by atoms with Crippen molar-refractivity contribution in [1.82, 2.24) is 0 Å². The minimum absolute atomic E-state index is 1.25. The number of rotatable bonds is 0. The second-order valence-electron chi connectivity index (χ2n) is 5.26. The van der Waals surface area contributed by atoms with E-state index in [1.807, 2.05) is 0 Å². The molecule has 0 spiro atoms. The van der Waals surface area contributed by atoms with E-state index in [1.54, 1.807) is 11.1 Å². The van der Waals surface area contributed by atoms with Crippen LogP contribution in [0.2, 0.25) is 0 Å². The van der Waals surface area contributed by atoms with Gasteiger partial charge in [0, 0.05) is 0 Å². The van der Waals surface area contributed by atoms with Gasteiger partial charge in [0.2, 0.25) is 0 Å². The van der Waals surface area contributed by atoms with Crippen LogP contribution in [0.3, 0.4) is 0 Å². The van der Waals surface area contributed by atoms with Gasteiger partial charge < -0.3 is 0 Å². The van der Waals surface area contributed by atoms with Crippen LogP contribution in [0.4, 0.5) is 0 Å².